The highest BCUT2D eigenvalue weighted by Crippen LogP contribution is 2.55. The van der Waals surface area contributed by atoms with Crippen LogP contribution >= 0.6 is 7.60 Å². The SMILES string of the molecule is CCC(CC)(C(N)C(=O)O)P(=O)(O)O. The second-order valence-corrected chi connectivity index (χ2v) is 5.15. The quantitative estimate of drug-likeness (QED) is 0.493. The molecular weight excluding hydrogens is 209 g/mol. The first kappa shape index (κ1) is 13.6. The lowest BCUT2D eigenvalue weighted by Gasteiger charge is -2.35. The van der Waals surface area contributed by atoms with E-state index in [1.54, 1.807) is 0 Å². The first-order chi connectivity index (χ1) is 6.23. The molecule has 0 aromatic rings. The molecule has 5 N–H and O–H groups in total. The molecule has 0 heterocycles. The average Bonchev–Trinajstić information content (AvgIpc) is 2.04. The predicted octanol–water partition coefficient (Wildman–Crippen LogP) is 0.135. The Hall–Kier alpha value is -0.420. The number of rotatable bonds is 5. The van der Waals surface area contributed by atoms with Crippen molar-refractivity contribution in [1.29, 1.82) is 0 Å². The van der Waals surface area contributed by atoms with Gasteiger partial charge in [-0.05, 0) is 12.8 Å². The van der Waals surface area contributed by atoms with Crippen molar-refractivity contribution in [3.05, 3.63) is 0 Å². The molecule has 0 radical (unpaired) electrons. The Bertz CT molecular complexity index is 257. The van der Waals surface area contributed by atoms with Crippen LogP contribution in [0.2, 0.25) is 0 Å². The van der Waals surface area contributed by atoms with Gasteiger partial charge < -0.3 is 20.6 Å². The molecule has 1 atom stereocenters. The average molecular weight is 225 g/mol. The van der Waals surface area contributed by atoms with Crippen molar-refractivity contribution in [2.24, 2.45) is 5.73 Å². The molecule has 0 aromatic carbocycles. The summed E-state index contributed by atoms with van der Waals surface area (Å²) in [6.45, 7) is 3.04. The Kier molecular flexibility index (Phi) is 4.27. The maximum absolute atomic E-state index is 11.2. The second-order valence-electron chi connectivity index (χ2n) is 3.17. The van der Waals surface area contributed by atoms with Crippen LogP contribution in [-0.2, 0) is 9.36 Å². The fourth-order valence-electron chi connectivity index (χ4n) is 1.51. The molecule has 0 aliphatic heterocycles. The van der Waals surface area contributed by atoms with E-state index in [0.29, 0.717) is 0 Å². The number of carboxylic acids is 1. The number of aliphatic carboxylic acids is 1. The van der Waals surface area contributed by atoms with E-state index in [0.717, 1.165) is 0 Å². The Morgan fingerprint density at radius 2 is 1.79 bits per heavy atom. The molecule has 0 rings (SSSR count). The van der Waals surface area contributed by atoms with Gasteiger partial charge in [0.1, 0.15) is 6.04 Å². The Morgan fingerprint density at radius 3 is 1.86 bits per heavy atom. The van der Waals surface area contributed by atoms with Gasteiger partial charge in [-0.1, -0.05) is 13.8 Å². The zero-order valence-electron chi connectivity index (χ0n) is 8.17. The van der Waals surface area contributed by atoms with E-state index in [2.05, 4.69) is 0 Å². The topological polar surface area (TPSA) is 121 Å². The molecular formula is C7H16NO5P. The first-order valence-corrected chi connectivity index (χ1v) is 5.88. The Morgan fingerprint density at radius 1 is 1.43 bits per heavy atom. The van der Waals surface area contributed by atoms with Crippen LogP contribution in [0.5, 0.6) is 0 Å². The molecule has 0 aromatic heterocycles. The second kappa shape index (κ2) is 4.40. The lowest BCUT2D eigenvalue weighted by molar-refractivity contribution is -0.139. The predicted molar refractivity (Wildman–Crippen MR) is 51.0 cm³/mol. The molecule has 1 unspecified atom stereocenters. The number of carbonyl (C=O) groups is 1. The van der Waals surface area contributed by atoms with Crippen LogP contribution in [0.1, 0.15) is 26.7 Å². The van der Waals surface area contributed by atoms with Crippen LogP contribution in [-0.4, -0.2) is 32.1 Å². The smallest absolute Gasteiger partial charge is 0.333 e. The first-order valence-electron chi connectivity index (χ1n) is 4.27. The summed E-state index contributed by atoms with van der Waals surface area (Å²) >= 11 is 0. The van der Waals surface area contributed by atoms with Gasteiger partial charge >= 0.3 is 13.6 Å². The molecule has 84 valence electrons. The third-order valence-electron chi connectivity index (χ3n) is 2.65. The summed E-state index contributed by atoms with van der Waals surface area (Å²) in [4.78, 5) is 28.9. The minimum absolute atomic E-state index is 0.0290. The van der Waals surface area contributed by atoms with Gasteiger partial charge in [0, 0.05) is 0 Å². The summed E-state index contributed by atoms with van der Waals surface area (Å²) < 4.78 is 11.2. The number of carboxylic acid groups (broad SMARTS) is 1. The number of hydrogen-bond donors (Lipinski definition) is 4. The molecule has 0 aliphatic rings. The van der Waals surface area contributed by atoms with Crippen molar-refractivity contribution in [3.63, 3.8) is 0 Å². The van der Waals surface area contributed by atoms with Crippen molar-refractivity contribution in [2.75, 3.05) is 0 Å². The number of hydrogen-bond acceptors (Lipinski definition) is 3. The summed E-state index contributed by atoms with van der Waals surface area (Å²) in [6.07, 6.45) is 0.0580. The number of nitrogens with two attached hydrogens (primary N) is 1. The van der Waals surface area contributed by atoms with Gasteiger partial charge in [0.15, 0.2) is 0 Å². The molecule has 7 heteroatoms. The summed E-state index contributed by atoms with van der Waals surface area (Å²) in [5.41, 5.74) is 5.31. The van der Waals surface area contributed by atoms with Crippen LogP contribution < -0.4 is 5.73 Å². The van der Waals surface area contributed by atoms with E-state index in [-0.39, 0.29) is 12.8 Å². The monoisotopic (exact) mass is 225 g/mol. The van der Waals surface area contributed by atoms with Crippen LogP contribution in [0.4, 0.5) is 0 Å². The van der Waals surface area contributed by atoms with Gasteiger partial charge in [-0.15, -0.1) is 0 Å². The van der Waals surface area contributed by atoms with Crippen LogP contribution in [0, 0.1) is 0 Å². The molecule has 0 spiro atoms. The highest BCUT2D eigenvalue weighted by Gasteiger charge is 2.51. The van der Waals surface area contributed by atoms with Crippen LogP contribution in [0.25, 0.3) is 0 Å². The highest BCUT2D eigenvalue weighted by atomic mass is 31.2. The van der Waals surface area contributed by atoms with Crippen molar-refractivity contribution < 1.29 is 24.3 Å². The minimum atomic E-state index is -4.52. The van der Waals surface area contributed by atoms with Crippen molar-refractivity contribution in [3.8, 4) is 0 Å². The van der Waals surface area contributed by atoms with Gasteiger partial charge in [0.05, 0.1) is 5.16 Å². The Labute approximate surface area is 82.3 Å². The van der Waals surface area contributed by atoms with Crippen molar-refractivity contribution in [2.45, 2.75) is 37.9 Å². The zero-order chi connectivity index (χ0) is 11.6. The standard InChI is InChI=1S/C7H16NO5P/c1-3-7(4-2,14(11,12)13)5(8)6(9)10/h5H,3-4,8H2,1-2H3,(H,9,10)(H2,11,12,13). The summed E-state index contributed by atoms with van der Waals surface area (Å²) in [5, 5.41) is 7.02. The third kappa shape index (κ3) is 2.15. The molecule has 0 amide bonds. The van der Waals surface area contributed by atoms with E-state index in [4.69, 9.17) is 20.6 Å². The maximum atomic E-state index is 11.2. The molecule has 0 fully saturated rings. The Balaban J connectivity index is 5.29. The lowest BCUT2D eigenvalue weighted by Crippen LogP contribution is -2.51. The lowest BCUT2D eigenvalue weighted by atomic mass is 9.93. The van der Waals surface area contributed by atoms with E-state index in [1.165, 1.54) is 13.8 Å². The molecule has 14 heavy (non-hydrogen) atoms. The van der Waals surface area contributed by atoms with E-state index < -0.39 is 24.8 Å². The van der Waals surface area contributed by atoms with Gasteiger partial charge in [-0.2, -0.15) is 0 Å². The highest BCUT2D eigenvalue weighted by molar-refractivity contribution is 7.53. The van der Waals surface area contributed by atoms with Gasteiger partial charge in [0.25, 0.3) is 0 Å². The van der Waals surface area contributed by atoms with Crippen molar-refractivity contribution >= 4 is 13.6 Å². The fraction of sp³-hybridized carbons (Fsp3) is 0.857. The summed E-state index contributed by atoms with van der Waals surface area (Å²) in [5.74, 6) is -1.39. The molecule has 6 nitrogen and oxygen atoms in total. The normalized spacial score (nSPS) is 15.2. The zero-order valence-corrected chi connectivity index (χ0v) is 9.07. The summed E-state index contributed by atoms with van der Waals surface area (Å²) in [6, 6.07) is -1.54. The maximum Gasteiger partial charge on any atom is 0.333 e. The minimum Gasteiger partial charge on any atom is -0.480 e. The largest absolute Gasteiger partial charge is 0.480 e. The van der Waals surface area contributed by atoms with E-state index in [1.807, 2.05) is 0 Å². The molecule has 0 saturated heterocycles. The summed E-state index contributed by atoms with van der Waals surface area (Å²) in [7, 11) is -4.52. The van der Waals surface area contributed by atoms with Gasteiger partial charge in [-0.25, -0.2) is 0 Å². The van der Waals surface area contributed by atoms with Crippen LogP contribution in [0.15, 0.2) is 0 Å². The van der Waals surface area contributed by atoms with Crippen LogP contribution in [0.3, 0.4) is 0 Å². The van der Waals surface area contributed by atoms with Gasteiger partial charge in [0.2, 0.25) is 0 Å². The molecule has 0 aliphatic carbocycles. The van der Waals surface area contributed by atoms with E-state index in [9.17, 15) is 9.36 Å². The molecule has 0 saturated carbocycles. The third-order valence-corrected chi connectivity index (χ3v) is 4.72. The van der Waals surface area contributed by atoms with Crippen molar-refractivity contribution in [1.82, 2.24) is 0 Å². The fourth-order valence-corrected chi connectivity index (χ4v) is 2.81. The van der Waals surface area contributed by atoms with Gasteiger partial charge in [-0.3, -0.25) is 9.36 Å². The van der Waals surface area contributed by atoms with E-state index >= 15 is 0 Å². The molecule has 0 bridgehead atoms.